The maximum atomic E-state index is 11.2. The summed E-state index contributed by atoms with van der Waals surface area (Å²) in [6.07, 6.45) is 2.73. The van der Waals surface area contributed by atoms with Gasteiger partial charge in [-0.3, -0.25) is 0 Å². The van der Waals surface area contributed by atoms with E-state index in [2.05, 4.69) is 15.3 Å². The van der Waals surface area contributed by atoms with Crippen LogP contribution in [-0.2, 0) is 11.3 Å². The minimum Gasteiger partial charge on any atom is -0.443 e. The van der Waals surface area contributed by atoms with E-state index >= 15 is 0 Å². The van der Waals surface area contributed by atoms with Gasteiger partial charge in [-0.15, -0.1) is 0 Å². The highest BCUT2D eigenvalue weighted by Crippen LogP contribution is 2.00. The SMILES string of the molecule is CC(C)(C)NC(=O)OCc1cnc[nH]1. The highest BCUT2D eigenvalue weighted by molar-refractivity contribution is 5.67. The summed E-state index contributed by atoms with van der Waals surface area (Å²) < 4.78 is 4.94. The second kappa shape index (κ2) is 4.13. The van der Waals surface area contributed by atoms with Gasteiger partial charge in [-0.1, -0.05) is 0 Å². The second-order valence-electron chi connectivity index (χ2n) is 4.03. The Morgan fingerprint density at radius 3 is 2.86 bits per heavy atom. The van der Waals surface area contributed by atoms with Gasteiger partial charge in [-0.2, -0.15) is 0 Å². The zero-order chi connectivity index (χ0) is 10.6. The summed E-state index contributed by atoms with van der Waals surface area (Å²) in [5.74, 6) is 0. The molecule has 1 aromatic rings. The molecule has 2 N–H and O–H groups in total. The zero-order valence-electron chi connectivity index (χ0n) is 8.63. The Kier molecular flexibility index (Phi) is 3.11. The number of alkyl carbamates (subject to hydrolysis) is 1. The van der Waals surface area contributed by atoms with Crippen LogP contribution >= 0.6 is 0 Å². The average Bonchev–Trinajstić information content (AvgIpc) is 2.49. The molecule has 5 heteroatoms. The molecule has 0 saturated carbocycles. The molecule has 5 nitrogen and oxygen atoms in total. The number of rotatable bonds is 2. The lowest BCUT2D eigenvalue weighted by Gasteiger charge is -2.19. The van der Waals surface area contributed by atoms with Gasteiger partial charge in [0.25, 0.3) is 0 Å². The molecule has 78 valence electrons. The Labute approximate surface area is 82.9 Å². The monoisotopic (exact) mass is 197 g/mol. The largest absolute Gasteiger partial charge is 0.443 e. The van der Waals surface area contributed by atoms with Gasteiger partial charge in [0.05, 0.1) is 18.2 Å². The lowest BCUT2D eigenvalue weighted by molar-refractivity contribution is 0.130. The van der Waals surface area contributed by atoms with Gasteiger partial charge in [0.2, 0.25) is 0 Å². The Morgan fingerprint density at radius 2 is 2.36 bits per heavy atom. The van der Waals surface area contributed by atoms with Crippen molar-refractivity contribution in [3.8, 4) is 0 Å². The van der Waals surface area contributed by atoms with Gasteiger partial charge >= 0.3 is 6.09 Å². The first-order valence-electron chi connectivity index (χ1n) is 4.39. The topological polar surface area (TPSA) is 67.0 Å². The van der Waals surface area contributed by atoms with Crippen molar-refractivity contribution in [1.82, 2.24) is 15.3 Å². The molecule has 0 aliphatic heterocycles. The van der Waals surface area contributed by atoms with Crippen LogP contribution in [0.4, 0.5) is 4.79 Å². The number of aromatic amines is 1. The third-order valence-electron chi connectivity index (χ3n) is 1.39. The van der Waals surface area contributed by atoms with Gasteiger partial charge in [-0.05, 0) is 20.8 Å². The van der Waals surface area contributed by atoms with Crippen LogP contribution in [0.2, 0.25) is 0 Å². The molecule has 1 amide bonds. The van der Waals surface area contributed by atoms with E-state index < -0.39 is 6.09 Å². The van der Waals surface area contributed by atoms with E-state index in [4.69, 9.17) is 4.74 Å². The van der Waals surface area contributed by atoms with Gasteiger partial charge in [-0.25, -0.2) is 9.78 Å². The first kappa shape index (κ1) is 10.6. The van der Waals surface area contributed by atoms with Crippen LogP contribution in [0.15, 0.2) is 12.5 Å². The molecule has 1 rings (SSSR count). The van der Waals surface area contributed by atoms with E-state index in [9.17, 15) is 4.79 Å². The molecule has 0 saturated heterocycles. The standard InChI is InChI=1S/C9H15N3O2/c1-9(2,3)12-8(13)14-5-7-4-10-6-11-7/h4,6H,5H2,1-3H3,(H,10,11)(H,12,13). The molecular weight excluding hydrogens is 182 g/mol. The fraction of sp³-hybridized carbons (Fsp3) is 0.556. The molecule has 0 spiro atoms. The van der Waals surface area contributed by atoms with Crippen molar-refractivity contribution in [2.24, 2.45) is 0 Å². The molecule has 0 aliphatic carbocycles. The maximum Gasteiger partial charge on any atom is 0.407 e. The fourth-order valence-electron chi connectivity index (χ4n) is 0.849. The third-order valence-corrected chi connectivity index (χ3v) is 1.39. The van der Waals surface area contributed by atoms with Crippen LogP contribution in [0.5, 0.6) is 0 Å². The number of nitrogens with zero attached hydrogens (tertiary/aromatic N) is 1. The Hall–Kier alpha value is -1.52. The second-order valence-corrected chi connectivity index (χ2v) is 4.03. The van der Waals surface area contributed by atoms with Crippen LogP contribution in [0.1, 0.15) is 26.5 Å². The lowest BCUT2D eigenvalue weighted by Crippen LogP contribution is -2.40. The van der Waals surface area contributed by atoms with Crippen molar-refractivity contribution in [2.45, 2.75) is 32.9 Å². The maximum absolute atomic E-state index is 11.2. The molecule has 1 heterocycles. The molecule has 1 aromatic heterocycles. The van der Waals surface area contributed by atoms with Crippen molar-refractivity contribution < 1.29 is 9.53 Å². The summed E-state index contributed by atoms with van der Waals surface area (Å²) >= 11 is 0. The van der Waals surface area contributed by atoms with E-state index in [1.165, 1.54) is 0 Å². The molecule has 0 bridgehead atoms. The summed E-state index contributed by atoms with van der Waals surface area (Å²) in [4.78, 5) is 17.8. The summed E-state index contributed by atoms with van der Waals surface area (Å²) in [7, 11) is 0. The highest BCUT2D eigenvalue weighted by atomic mass is 16.5. The van der Waals surface area contributed by atoms with E-state index in [0.29, 0.717) is 0 Å². The molecule has 0 atom stereocenters. The predicted octanol–water partition coefficient (Wildman–Crippen LogP) is 1.43. The Bertz CT molecular complexity index is 288. The van der Waals surface area contributed by atoms with Crippen molar-refractivity contribution in [2.75, 3.05) is 0 Å². The predicted molar refractivity (Wildman–Crippen MR) is 51.7 cm³/mol. The number of nitrogens with one attached hydrogen (secondary N) is 2. The number of imidazole rings is 1. The summed E-state index contributed by atoms with van der Waals surface area (Å²) in [6.45, 7) is 5.89. The molecule has 14 heavy (non-hydrogen) atoms. The van der Waals surface area contributed by atoms with E-state index in [1.54, 1.807) is 12.5 Å². The van der Waals surface area contributed by atoms with Gasteiger partial charge < -0.3 is 15.0 Å². The lowest BCUT2D eigenvalue weighted by atomic mass is 10.1. The van der Waals surface area contributed by atoms with Crippen LogP contribution in [0, 0.1) is 0 Å². The summed E-state index contributed by atoms with van der Waals surface area (Å²) in [6, 6.07) is 0. The van der Waals surface area contributed by atoms with Crippen LogP contribution in [0.3, 0.4) is 0 Å². The molecule has 0 aliphatic rings. The minimum atomic E-state index is -0.424. The van der Waals surface area contributed by atoms with Crippen molar-refractivity contribution in [3.63, 3.8) is 0 Å². The number of hydrogen-bond acceptors (Lipinski definition) is 3. The van der Waals surface area contributed by atoms with E-state index in [-0.39, 0.29) is 12.1 Å². The van der Waals surface area contributed by atoms with E-state index in [1.807, 2.05) is 20.8 Å². The molecule has 0 unspecified atom stereocenters. The van der Waals surface area contributed by atoms with Gasteiger partial charge in [0, 0.05) is 5.54 Å². The minimum absolute atomic E-state index is 0.210. The first-order valence-corrected chi connectivity index (χ1v) is 4.39. The Morgan fingerprint density at radius 1 is 1.64 bits per heavy atom. The molecule has 0 fully saturated rings. The quantitative estimate of drug-likeness (QED) is 0.753. The van der Waals surface area contributed by atoms with E-state index in [0.717, 1.165) is 5.69 Å². The average molecular weight is 197 g/mol. The van der Waals surface area contributed by atoms with Crippen molar-refractivity contribution in [1.29, 1.82) is 0 Å². The highest BCUT2D eigenvalue weighted by Gasteiger charge is 2.14. The number of carbonyl (C=O) groups excluding carboxylic acids is 1. The number of amides is 1. The number of carbonyl (C=O) groups is 1. The molecule has 0 aromatic carbocycles. The number of H-pyrrole nitrogens is 1. The van der Waals surface area contributed by atoms with Crippen LogP contribution < -0.4 is 5.32 Å². The van der Waals surface area contributed by atoms with Gasteiger partial charge in [0.1, 0.15) is 6.61 Å². The summed E-state index contributed by atoms with van der Waals surface area (Å²) in [5.41, 5.74) is 0.500. The Balaban J connectivity index is 2.29. The molecular formula is C9H15N3O2. The molecule has 0 radical (unpaired) electrons. The number of hydrogen-bond donors (Lipinski definition) is 2. The third kappa shape index (κ3) is 3.93. The van der Waals surface area contributed by atoms with Crippen LogP contribution in [0.25, 0.3) is 0 Å². The number of ether oxygens (including phenoxy) is 1. The van der Waals surface area contributed by atoms with Crippen molar-refractivity contribution >= 4 is 6.09 Å². The fourth-order valence-corrected chi connectivity index (χ4v) is 0.849. The number of aromatic nitrogens is 2. The smallest absolute Gasteiger partial charge is 0.407 e. The van der Waals surface area contributed by atoms with Crippen molar-refractivity contribution in [3.05, 3.63) is 18.2 Å². The zero-order valence-corrected chi connectivity index (χ0v) is 8.63. The van der Waals surface area contributed by atoms with Gasteiger partial charge in [0.15, 0.2) is 0 Å². The summed E-state index contributed by atoms with van der Waals surface area (Å²) in [5, 5.41) is 2.69. The van der Waals surface area contributed by atoms with Crippen LogP contribution in [-0.4, -0.2) is 21.6 Å². The normalized spacial score (nSPS) is 11.1. The first-order chi connectivity index (χ1) is 6.47.